The molecule has 2 N–H and O–H groups in total. The highest BCUT2D eigenvalue weighted by molar-refractivity contribution is 7.80. The molecule has 0 fully saturated rings. The summed E-state index contributed by atoms with van der Waals surface area (Å²) < 4.78 is 10.8. The maximum Gasteiger partial charge on any atom is 0.161 e. The summed E-state index contributed by atoms with van der Waals surface area (Å²) in [6, 6.07) is 5.62. The SMILES string of the molecule is NC(S)c1ccc2c(c1)OCCO2. The van der Waals surface area contributed by atoms with E-state index in [1.165, 1.54) is 0 Å². The van der Waals surface area contributed by atoms with E-state index in [2.05, 4.69) is 12.6 Å². The number of hydrogen-bond donors (Lipinski definition) is 2. The molecule has 0 spiro atoms. The zero-order chi connectivity index (χ0) is 9.26. The van der Waals surface area contributed by atoms with Gasteiger partial charge in [-0.05, 0) is 17.7 Å². The number of nitrogens with two attached hydrogens (primary N) is 1. The van der Waals surface area contributed by atoms with Crippen LogP contribution in [0.2, 0.25) is 0 Å². The lowest BCUT2D eigenvalue weighted by Crippen LogP contribution is -2.15. The van der Waals surface area contributed by atoms with E-state index in [-0.39, 0.29) is 5.37 Å². The van der Waals surface area contributed by atoms with Crippen molar-refractivity contribution in [2.24, 2.45) is 5.73 Å². The van der Waals surface area contributed by atoms with Gasteiger partial charge in [-0.3, -0.25) is 0 Å². The van der Waals surface area contributed by atoms with Gasteiger partial charge in [-0.25, -0.2) is 0 Å². The van der Waals surface area contributed by atoms with E-state index in [1.807, 2.05) is 18.2 Å². The molecule has 3 nitrogen and oxygen atoms in total. The predicted octanol–water partition coefficient (Wildman–Crippen LogP) is 1.34. The van der Waals surface area contributed by atoms with Gasteiger partial charge < -0.3 is 15.2 Å². The van der Waals surface area contributed by atoms with Gasteiger partial charge >= 0.3 is 0 Å². The Morgan fingerprint density at radius 2 is 1.92 bits per heavy atom. The zero-order valence-electron chi connectivity index (χ0n) is 7.06. The first kappa shape index (κ1) is 8.72. The number of fused-ring (bicyclic) bond motifs is 1. The van der Waals surface area contributed by atoms with Gasteiger partial charge in [0, 0.05) is 0 Å². The Kier molecular flexibility index (Phi) is 2.33. The van der Waals surface area contributed by atoms with Gasteiger partial charge in [0.05, 0.1) is 5.37 Å². The van der Waals surface area contributed by atoms with Crippen LogP contribution in [0.3, 0.4) is 0 Å². The minimum Gasteiger partial charge on any atom is -0.486 e. The highest BCUT2D eigenvalue weighted by Gasteiger charge is 2.12. The normalized spacial score (nSPS) is 16.8. The fraction of sp³-hybridized carbons (Fsp3) is 0.333. The van der Waals surface area contributed by atoms with Crippen LogP contribution in [0.5, 0.6) is 11.5 Å². The van der Waals surface area contributed by atoms with Gasteiger partial charge in [0.15, 0.2) is 11.5 Å². The molecule has 1 aliphatic heterocycles. The second-order valence-electron chi connectivity index (χ2n) is 2.85. The predicted molar refractivity (Wildman–Crippen MR) is 53.3 cm³/mol. The van der Waals surface area contributed by atoms with Crippen molar-refractivity contribution in [1.29, 1.82) is 0 Å². The lowest BCUT2D eigenvalue weighted by atomic mass is 10.2. The van der Waals surface area contributed by atoms with Crippen LogP contribution in [0.4, 0.5) is 0 Å². The molecule has 70 valence electrons. The van der Waals surface area contributed by atoms with E-state index < -0.39 is 0 Å². The Morgan fingerprint density at radius 1 is 1.23 bits per heavy atom. The van der Waals surface area contributed by atoms with Crippen LogP contribution >= 0.6 is 12.6 Å². The van der Waals surface area contributed by atoms with Gasteiger partial charge in [0.2, 0.25) is 0 Å². The molecule has 0 aliphatic carbocycles. The zero-order valence-corrected chi connectivity index (χ0v) is 7.96. The number of ether oxygens (including phenoxy) is 2. The largest absolute Gasteiger partial charge is 0.486 e. The van der Waals surface area contributed by atoms with Crippen molar-refractivity contribution in [1.82, 2.24) is 0 Å². The summed E-state index contributed by atoms with van der Waals surface area (Å²) in [5.41, 5.74) is 6.55. The molecule has 1 heterocycles. The van der Waals surface area contributed by atoms with E-state index in [0.29, 0.717) is 13.2 Å². The van der Waals surface area contributed by atoms with Crippen LogP contribution in [0.25, 0.3) is 0 Å². The Labute approximate surface area is 82.2 Å². The van der Waals surface area contributed by atoms with Crippen molar-refractivity contribution in [3.8, 4) is 11.5 Å². The molecule has 0 bridgehead atoms. The van der Waals surface area contributed by atoms with Gasteiger partial charge in [-0.2, -0.15) is 12.6 Å². The number of hydrogen-bond acceptors (Lipinski definition) is 4. The third-order valence-corrected chi connectivity index (χ3v) is 2.21. The van der Waals surface area contributed by atoms with E-state index in [4.69, 9.17) is 15.2 Å². The topological polar surface area (TPSA) is 44.5 Å². The van der Waals surface area contributed by atoms with Crippen molar-refractivity contribution in [3.05, 3.63) is 23.8 Å². The third-order valence-electron chi connectivity index (χ3n) is 1.91. The van der Waals surface area contributed by atoms with Crippen molar-refractivity contribution < 1.29 is 9.47 Å². The first-order valence-electron chi connectivity index (χ1n) is 4.10. The monoisotopic (exact) mass is 197 g/mol. The first-order valence-corrected chi connectivity index (χ1v) is 4.62. The summed E-state index contributed by atoms with van der Waals surface area (Å²) >= 11 is 4.14. The average Bonchev–Trinajstić information content (AvgIpc) is 2.17. The minimum atomic E-state index is -0.268. The Balaban J connectivity index is 2.35. The van der Waals surface area contributed by atoms with Crippen molar-refractivity contribution in [2.45, 2.75) is 5.37 Å². The molecule has 13 heavy (non-hydrogen) atoms. The Hall–Kier alpha value is -0.870. The fourth-order valence-electron chi connectivity index (χ4n) is 1.24. The summed E-state index contributed by atoms with van der Waals surface area (Å²) in [5, 5.41) is -0.268. The highest BCUT2D eigenvalue weighted by Crippen LogP contribution is 2.32. The average molecular weight is 197 g/mol. The van der Waals surface area contributed by atoms with Crippen LogP contribution < -0.4 is 15.2 Å². The minimum absolute atomic E-state index is 0.268. The standard InChI is InChI=1S/C9H11NO2S/c10-9(13)6-1-2-7-8(5-6)12-4-3-11-7/h1-2,5,9,13H,3-4,10H2. The lowest BCUT2D eigenvalue weighted by molar-refractivity contribution is 0.171. The van der Waals surface area contributed by atoms with Crippen molar-refractivity contribution in [2.75, 3.05) is 13.2 Å². The molecule has 0 saturated carbocycles. The molecular weight excluding hydrogens is 186 g/mol. The van der Waals surface area contributed by atoms with E-state index in [0.717, 1.165) is 17.1 Å². The van der Waals surface area contributed by atoms with Gasteiger partial charge in [0.1, 0.15) is 13.2 Å². The summed E-state index contributed by atoms with van der Waals surface area (Å²) in [7, 11) is 0. The molecule has 0 aromatic heterocycles. The third kappa shape index (κ3) is 1.73. The van der Waals surface area contributed by atoms with Gasteiger partial charge in [-0.15, -0.1) is 0 Å². The summed E-state index contributed by atoms with van der Waals surface area (Å²) in [4.78, 5) is 0. The second-order valence-corrected chi connectivity index (χ2v) is 3.40. The number of rotatable bonds is 1. The molecule has 1 unspecified atom stereocenters. The van der Waals surface area contributed by atoms with Crippen molar-refractivity contribution >= 4 is 12.6 Å². The fourth-order valence-corrected chi connectivity index (χ4v) is 1.40. The Morgan fingerprint density at radius 3 is 2.62 bits per heavy atom. The van der Waals surface area contributed by atoms with Crippen LogP contribution in [0.1, 0.15) is 10.9 Å². The quantitative estimate of drug-likeness (QED) is 0.527. The molecule has 1 atom stereocenters. The molecule has 2 rings (SSSR count). The summed E-state index contributed by atoms with van der Waals surface area (Å²) in [5.74, 6) is 1.54. The molecule has 1 aliphatic rings. The maximum atomic E-state index is 5.61. The van der Waals surface area contributed by atoms with Crippen LogP contribution in [0, 0.1) is 0 Å². The molecule has 0 saturated heterocycles. The molecular formula is C9H11NO2S. The van der Waals surface area contributed by atoms with Gasteiger partial charge in [0.25, 0.3) is 0 Å². The summed E-state index contributed by atoms with van der Waals surface area (Å²) in [6.45, 7) is 1.21. The summed E-state index contributed by atoms with van der Waals surface area (Å²) in [6.07, 6.45) is 0. The van der Waals surface area contributed by atoms with E-state index in [1.54, 1.807) is 0 Å². The number of benzene rings is 1. The second kappa shape index (κ2) is 3.47. The van der Waals surface area contributed by atoms with Crippen LogP contribution in [-0.4, -0.2) is 13.2 Å². The Bertz CT molecular complexity index is 314. The van der Waals surface area contributed by atoms with Crippen LogP contribution in [0.15, 0.2) is 18.2 Å². The van der Waals surface area contributed by atoms with Gasteiger partial charge in [-0.1, -0.05) is 6.07 Å². The first-order chi connectivity index (χ1) is 6.27. The van der Waals surface area contributed by atoms with Crippen LogP contribution in [-0.2, 0) is 0 Å². The molecule has 1 aromatic carbocycles. The molecule has 4 heteroatoms. The molecule has 0 radical (unpaired) electrons. The van der Waals surface area contributed by atoms with E-state index in [9.17, 15) is 0 Å². The molecule has 1 aromatic rings. The van der Waals surface area contributed by atoms with E-state index >= 15 is 0 Å². The number of thiol groups is 1. The maximum absolute atomic E-state index is 5.61. The van der Waals surface area contributed by atoms with Crippen molar-refractivity contribution in [3.63, 3.8) is 0 Å². The molecule has 0 amide bonds. The smallest absolute Gasteiger partial charge is 0.161 e. The lowest BCUT2D eigenvalue weighted by Gasteiger charge is -2.19. The highest BCUT2D eigenvalue weighted by atomic mass is 32.1.